The molecule has 3 aliphatic heterocycles. The maximum absolute atomic E-state index is 13.8. The van der Waals surface area contributed by atoms with Crippen molar-refractivity contribution in [1.82, 2.24) is 25.8 Å². The molecule has 1 saturated carbocycles. The minimum Gasteiger partial charge on any atom is -0.447 e. The summed E-state index contributed by atoms with van der Waals surface area (Å²) in [4.78, 5) is 30.9. The molecule has 38 heavy (non-hydrogen) atoms. The summed E-state index contributed by atoms with van der Waals surface area (Å²) in [5, 5.41) is 19.6. The van der Waals surface area contributed by atoms with Crippen LogP contribution in [0.3, 0.4) is 0 Å². The van der Waals surface area contributed by atoms with Gasteiger partial charge in [0.15, 0.2) is 0 Å². The van der Waals surface area contributed by atoms with E-state index >= 15 is 0 Å². The normalized spacial score (nSPS) is 26.7. The van der Waals surface area contributed by atoms with E-state index in [2.05, 4.69) is 31.8 Å². The first-order chi connectivity index (χ1) is 18.5. The van der Waals surface area contributed by atoms with Crippen molar-refractivity contribution in [3.05, 3.63) is 0 Å². The van der Waals surface area contributed by atoms with Crippen molar-refractivity contribution in [1.29, 1.82) is 5.26 Å². The lowest BCUT2D eigenvalue weighted by Gasteiger charge is -2.40. The third kappa shape index (κ3) is 8.52. The van der Waals surface area contributed by atoms with Crippen molar-refractivity contribution in [2.45, 2.75) is 88.2 Å². The zero-order valence-corrected chi connectivity index (χ0v) is 22.9. The molecule has 11 nitrogen and oxygen atoms in total. The Hall–Kier alpha value is -1.97. The molecule has 0 bridgehead atoms. The van der Waals surface area contributed by atoms with Gasteiger partial charge in [0.2, 0.25) is 5.91 Å². The zero-order chi connectivity index (χ0) is 26.8. The number of hydrogen-bond donors (Lipinski definition) is 3. The summed E-state index contributed by atoms with van der Waals surface area (Å²) < 4.78 is 16.6. The van der Waals surface area contributed by atoms with Crippen molar-refractivity contribution in [3.8, 4) is 6.07 Å². The molecule has 0 aromatic rings. The van der Waals surface area contributed by atoms with E-state index in [9.17, 15) is 14.9 Å². The van der Waals surface area contributed by atoms with E-state index in [0.717, 1.165) is 38.8 Å². The molecule has 4 rings (SSSR count). The summed E-state index contributed by atoms with van der Waals surface area (Å²) >= 11 is 0. The predicted octanol–water partition coefficient (Wildman–Crippen LogP) is 1.54. The summed E-state index contributed by atoms with van der Waals surface area (Å²) in [5.74, 6) is 0.258. The Morgan fingerprint density at radius 3 is 2.45 bits per heavy atom. The van der Waals surface area contributed by atoms with E-state index in [4.69, 9.17) is 14.2 Å². The number of nitrogens with one attached hydrogen (secondary N) is 3. The summed E-state index contributed by atoms with van der Waals surface area (Å²) in [6, 6.07) is 1.86. The highest BCUT2D eigenvalue weighted by Crippen LogP contribution is 2.28. The quantitative estimate of drug-likeness (QED) is 0.358. The third-order valence-electron chi connectivity index (χ3n) is 8.48. The number of piperidine rings is 1. The van der Waals surface area contributed by atoms with Crippen molar-refractivity contribution in [2.75, 3.05) is 59.7 Å². The van der Waals surface area contributed by atoms with Gasteiger partial charge < -0.3 is 24.4 Å². The van der Waals surface area contributed by atoms with Gasteiger partial charge in [0, 0.05) is 32.8 Å². The standard InChI is InChI=1S/C27H46N6O5/c1-32-11-9-27(20-28,10-12-32)31-24(34)23(18-21-6-3-2-4-7-21)29-25(33-13-16-36-17-14-33)30-26(35)38-19-22-8-5-15-37-22/h21-23,25,29H,2-19H2,1H3,(H,30,35)(H,31,34)/t22-,23+,25?/m1/s1. The fourth-order valence-electron chi connectivity index (χ4n) is 5.96. The number of hydrogen-bond acceptors (Lipinski definition) is 9. The fourth-order valence-corrected chi connectivity index (χ4v) is 5.96. The van der Waals surface area contributed by atoms with Gasteiger partial charge in [-0.25, -0.2) is 4.79 Å². The lowest BCUT2D eigenvalue weighted by Crippen LogP contribution is -2.65. The number of amides is 2. The second-order valence-electron chi connectivity index (χ2n) is 11.4. The van der Waals surface area contributed by atoms with Gasteiger partial charge in [-0.3, -0.25) is 20.3 Å². The van der Waals surface area contributed by atoms with Gasteiger partial charge in [0.1, 0.15) is 18.4 Å². The molecule has 0 spiro atoms. The maximum Gasteiger partial charge on any atom is 0.409 e. The molecular formula is C27H46N6O5. The van der Waals surface area contributed by atoms with Crippen LogP contribution in [0.1, 0.15) is 64.2 Å². The van der Waals surface area contributed by atoms with Crippen LogP contribution in [0, 0.1) is 17.2 Å². The Bertz CT molecular complexity index is 796. The number of nitriles is 1. The molecule has 3 N–H and O–H groups in total. The van der Waals surface area contributed by atoms with Crippen LogP contribution < -0.4 is 16.0 Å². The van der Waals surface area contributed by atoms with Crippen molar-refractivity contribution in [3.63, 3.8) is 0 Å². The predicted molar refractivity (Wildman–Crippen MR) is 141 cm³/mol. The van der Waals surface area contributed by atoms with Crippen LogP contribution >= 0.6 is 0 Å². The molecular weight excluding hydrogens is 488 g/mol. The SMILES string of the molecule is CN1CCC(C#N)(NC(=O)[C@H](CC2CCCCC2)NC(NC(=O)OC[C@H]2CCCO2)N2CCOCC2)CC1. The van der Waals surface area contributed by atoms with E-state index in [1.165, 1.54) is 19.3 Å². The number of rotatable bonds is 10. The minimum absolute atomic E-state index is 0.0583. The number of nitrogens with zero attached hydrogens (tertiary/aromatic N) is 3. The Kier molecular flexibility index (Phi) is 11.0. The molecule has 3 saturated heterocycles. The maximum atomic E-state index is 13.8. The lowest BCUT2D eigenvalue weighted by atomic mass is 9.84. The second-order valence-corrected chi connectivity index (χ2v) is 11.4. The summed E-state index contributed by atoms with van der Waals surface area (Å²) in [5.41, 5.74) is -0.863. The van der Waals surface area contributed by atoms with Gasteiger partial charge in [0.25, 0.3) is 0 Å². The number of morpholine rings is 1. The monoisotopic (exact) mass is 534 g/mol. The zero-order valence-electron chi connectivity index (χ0n) is 22.9. The Balaban J connectivity index is 1.45. The Morgan fingerprint density at radius 2 is 1.79 bits per heavy atom. The lowest BCUT2D eigenvalue weighted by molar-refractivity contribution is -0.126. The summed E-state index contributed by atoms with van der Waals surface area (Å²) in [6.45, 7) is 4.79. The van der Waals surface area contributed by atoms with Gasteiger partial charge in [0.05, 0.1) is 31.4 Å². The number of likely N-dealkylation sites (tertiary alicyclic amines) is 1. The summed E-state index contributed by atoms with van der Waals surface area (Å²) in [6.07, 6.45) is 8.32. The highest BCUT2D eigenvalue weighted by Gasteiger charge is 2.39. The third-order valence-corrected chi connectivity index (χ3v) is 8.48. The van der Waals surface area contributed by atoms with Crippen LogP contribution in [-0.2, 0) is 19.0 Å². The van der Waals surface area contributed by atoms with E-state index in [1.54, 1.807) is 0 Å². The molecule has 11 heteroatoms. The number of carbonyl (C=O) groups excluding carboxylic acids is 2. The van der Waals surface area contributed by atoms with E-state index in [1.807, 2.05) is 7.05 Å². The van der Waals surface area contributed by atoms with Gasteiger partial charge in [-0.05, 0) is 45.1 Å². The van der Waals surface area contributed by atoms with Crippen LogP contribution in [0.25, 0.3) is 0 Å². The van der Waals surface area contributed by atoms with E-state index < -0.39 is 24.0 Å². The minimum atomic E-state index is -0.863. The molecule has 4 aliphatic rings. The topological polar surface area (TPSA) is 128 Å². The molecule has 0 radical (unpaired) electrons. The highest BCUT2D eigenvalue weighted by molar-refractivity contribution is 5.83. The molecule has 214 valence electrons. The molecule has 3 heterocycles. The first kappa shape index (κ1) is 29.0. The largest absolute Gasteiger partial charge is 0.447 e. The highest BCUT2D eigenvalue weighted by atomic mass is 16.6. The molecule has 1 aliphatic carbocycles. The molecule has 1 unspecified atom stereocenters. The van der Waals surface area contributed by atoms with Crippen LogP contribution in [0.2, 0.25) is 0 Å². The van der Waals surface area contributed by atoms with E-state index in [0.29, 0.717) is 58.1 Å². The van der Waals surface area contributed by atoms with Crippen molar-refractivity contribution >= 4 is 12.0 Å². The first-order valence-corrected chi connectivity index (χ1v) is 14.5. The summed E-state index contributed by atoms with van der Waals surface area (Å²) in [7, 11) is 2.03. The van der Waals surface area contributed by atoms with Crippen LogP contribution in [0.5, 0.6) is 0 Å². The molecule has 4 fully saturated rings. The smallest absolute Gasteiger partial charge is 0.409 e. The molecule has 0 aromatic carbocycles. The van der Waals surface area contributed by atoms with Crippen molar-refractivity contribution < 1.29 is 23.8 Å². The van der Waals surface area contributed by atoms with Crippen LogP contribution in [0.4, 0.5) is 4.79 Å². The average molecular weight is 535 g/mol. The number of ether oxygens (including phenoxy) is 3. The van der Waals surface area contributed by atoms with Crippen molar-refractivity contribution in [2.24, 2.45) is 5.92 Å². The van der Waals surface area contributed by atoms with Crippen LogP contribution in [-0.4, -0.2) is 105 Å². The fraction of sp³-hybridized carbons (Fsp3) is 0.889. The van der Waals surface area contributed by atoms with E-state index in [-0.39, 0.29) is 18.6 Å². The molecule has 0 aromatic heterocycles. The number of alkyl carbamates (subject to hydrolysis) is 1. The average Bonchev–Trinajstić information content (AvgIpc) is 3.47. The Morgan fingerprint density at radius 1 is 1.05 bits per heavy atom. The van der Waals surface area contributed by atoms with Gasteiger partial charge in [-0.2, -0.15) is 5.26 Å². The van der Waals surface area contributed by atoms with Crippen LogP contribution in [0.15, 0.2) is 0 Å². The van der Waals surface area contributed by atoms with Gasteiger partial charge in [-0.15, -0.1) is 0 Å². The first-order valence-electron chi connectivity index (χ1n) is 14.5. The van der Waals surface area contributed by atoms with Gasteiger partial charge in [-0.1, -0.05) is 32.1 Å². The molecule has 2 amide bonds. The number of carbonyl (C=O) groups is 2. The second kappa shape index (κ2) is 14.4. The van der Waals surface area contributed by atoms with Gasteiger partial charge >= 0.3 is 6.09 Å². The Labute approximate surface area is 226 Å². The molecule has 3 atom stereocenters.